The van der Waals surface area contributed by atoms with Crippen LogP contribution >= 0.6 is 11.6 Å². The maximum Gasteiger partial charge on any atom is 0.253 e. The highest BCUT2D eigenvalue weighted by Crippen LogP contribution is 2.23. The molecule has 2 aromatic rings. The summed E-state index contributed by atoms with van der Waals surface area (Å²) in [4.78, 5) is 32.0. The Morgan fingerprint density at radius 2 is 1.83 bits per heavy atom. The maximum absolute atomic E-state index is 13.2. The van der Waals surface area contributed by atoms with Crippen LogP contribution in [0.4, 0.5) is 5.69 Å². The van der Waals surface area contributed by atoms with E-state index in [4.69, 9.17) is 22.8 Å². The molecule has 0 saturated carbocycles. The van der Waals surface area contributed by atoms with Crippen LogP contribution in [0.1, 0.15) is 40.7 Å². The molecule has 0 aliphatic carbocycles. The number of ether oxygens (including phenoxy) is 1. The number of benzene rings is 2. The zero-order valence-corrected chi connectivity index (χ0v) is 20.8. The van der Waals surface area contributed by atoms with Crippen molar-refractivity contribution in [2.45, 2.75) is 31.8 Å². The van der Waals surface area contributed by atoms with Gasteiger partial charge in [-0.25, -0.2) is 0 Å². The first-order valence-electron chi connectivity index (χ1n) is 12.2. The summed E-state index contributed by atoms with van der Waals surface area (Å²) in [6.45, 7) is 4.93. The molecule has 2 amide bonds. The zero-order valence-electron chi connectivity index (χ0n) is 20.0. The Labute approximate surface area is 212 Å². The van der Waals surface area contributed by atoms with Gasteiger partial charge in [0, 0.05) is 55.6 Å². The van der Waals surface area contributed by atoms with E-state index in [2.05, 4.69) is 10.8 Å². The molecule has 2 fully saturated rings. The number of rotatable bonds is 6. The van der Waals surface area contributed by atoms with E-state index in [0.717, 1.165) is 62.4 Å². The molecule has 1 unspecified atom stereocenters. The van der Waals surface area contributed by atoms with Crippen LogP contribution < -0.4 is 4.90 Å². The second-order valence-corrected chi connectivity index (χ2v) is 9.29. The van der Waals surface area contributed by atoms with Gasteiger partial charge in [0.2, 0.25) is 5.91 Å². The highest BCUT2D eigenvalue weighted by atomic mass is 35.5. The molecule has 0 radical (unpaired) electrons. The monoisotopic (exact) mass is 493 g/mol. The number of likely N-dealkylation sites (tertiary alicyclic amines) is 1. The van der Waals surface area contributed by atoms with Crippen molar-refractivity contribution in [1.82, 2.24) is 9.80 Å². The Balaban J connectivity index is 1.40. The van der Waals surface area contributed by atoms with Crippen molar-refractivity contribution in [1.29, 1.82) is 0 Å². The predicted molar refractivity (Wildman–Crippen MR) is 139 cm³/mol. The number of nitrogens with zero attached hydrogens (tertiary/aromatic N) is 3. The normalized spacial score (nSPS) is 18.5. The summed E-state index contributed by atoms with van der Waals surface area (Å²) in [5, 5.41) is 0. The first-order valence-corrected chi connectivity index (χ1v) is 12.8. The molecule has 2 aromatic carbocycles. The Hall–Kier alpha value is -3.01. The van der Waals surface area contributed by atoms with Crippen LogP contribution in [0.3, 0.4) is 0 Å². The average molecular weight is 494 g/mol. The fraction of sp³-hybridized carbons (Fsp3) is 0.429. The molecule has 0 N–H and O–H groups in total. The van der Waals surface area contributed by atoms with E-state index in [9.17, 15) is 9.59 Å². The SMILES string of the molecule is C#Cc1cccc(CN(C(=O)CCl)C2CCCN(C(=O)c3ccc(N4CCOCC4)cc3)CC2)c1. The molecular formula is C28H32ClN3O3. The molecule has 1 atom stereocenters. The van der Waals surface area contributed by atoms with Crippen LogP contribution in [0.2, 0.25) is 0 Å². The average Bonchev–Trinajstić information content (AvgIpc) is 3.18. The van der Waals surface area contributed by atoms with Crippen molar-refractivity contribution in [3.63, 3.8) is 0 Å². The van der Waals surface area contributed by atoms with Gasteiger partial charge < -0.3 is 19.4 Å². The van der Waals surface area contributed by atoms with Gasteiger partial charge in [-0.2, -0.15) is 0 Å². The topological polar surface area (TPSA) is 53.1 Å². The molecule has 2 aliphatic heterocycles. The maximum atomic E-state index is 13.2. The third-order valence-corrected chi connectivity index (χ3v) is 7.03. The number of carbonyl (C=O) groups excluding carboxylic acids is 2. The van der Waals surface area contributed by atoms with Gasteiger partial charge in [0.15, 0.2) is 0 Å². The van der Waals surface area contributed by atoms with Crippen molar-refractivity contribution in [2.75, 3.05) is 50.2 Å². The minimum atomic E-state index is -0.0961. The van der Waals surface area contributed by atoms with Crippen LogP contribution in [-0.2, 0) is 16.1 Å². The summed E-state index contributed by atoms with van der Waals surface area (Å²) in [6.07, 6.45) is 7.92. The largest absolute Gasteiger partial charge is 0.378 e. The second-order valence-electron chi connectivity index (χ2n) is 9.02. The van der Waals surface area contributed by atoms with Gasteiger partial charge >= 0.3 is 0 Å². The van der Waals surface area contributed by atoms with E-state index in [1.165, 1.54) is 0 Å². The fourth-order valence-corrected chi connectivity index (χ4v) is 5.02. The molecule has 7 heteroatoms. The number of alkyl halides is 1. The quantitative estimate of drug-likeness (QED) is 0.454. The van der Waals surface area contributed by atoms with Crippen molar-refractivity contribution in [3.8, 4) is 12.3 Å². The van der Waals surface area contributed by atoms with Crippen LogP contribution in [0.5, 0.6) is 0 Å². The van der Waals surface area contributed by atoms with Gasteiger partial charge in [-0.1, -0.05) is 18.1 Å². The Bertz CT molecular complexity index is 1060. The molecule has 4 rings (SSSR count). The third kappa shape index (κ3) is 6.36. The molecule has 0 bridgehead atoms. The standard InChI is InChI=1S/C28H32ClN3O3/c1-2-22-5-3-6-23(19-22)21-32(27(33)20-29)26-7-4-13-31(14-12-26)28(34)24-8-10-25(11-9-24)30-15-17-35-18-16-30/h1,3,5-6,8-11,19,26H,4,7,12-18,20-21H2. The Morgan fingerprint density at radius 3 is 2.54 bits per heavy atom. The first-order chi connectivity index (χ1) is 17.1. The number of halogens is 1. The molecule has 2 aliphatic rings. The van der Waals surface area contributed by atoms with Gasteiger partial charge in [-0.3, -0.25) is 9.59 Å². The molecule has 184 valence electrons. The lowest BCUT2D eigenvalue weighted by Crippen LogP contribution is -2.41. The summed E-state index contributed by atoms with van der Waals surface area (Å²) in [5.74, 6) is 2.52. The summed E-state index contributed by atoms with van der Waals surface area (Å²) in [5.41, 5.74) is 3.58. The number of anilines is 1. The zero-order chi connectivity index (χ0) is 24.6. The molecule has 0 spiro atoms. The second kappa shape index (κ2) is 12.1. The Morgan fingerprint density at radius 1 is 1.06 bits per heavy atom. The van der Waals surface area contributed by atoms with E-state index in [-0.39, 0.29) is 23.7 Å². The van der Waals surface area contributed by atoms with Gasteiger partial charge in [0.1, 0.15) is 5.88 Å². The van der Waals surface area contributed by atoms with E-state index >= 15 is 0 Å². The first kappa shape index (κ1) is 25.1. The fourth-order valence-electron chi connectivity index (χ4n) is 4.87. The molecule has 35 heavy (non-hydrogen) atoms. The number of amides is 2. The smallest absolute Gasteiger partial charge is 0.253 e. The molecule has 0 aromatic heterocycles. The van der Waals surface area contributed by atoms with Crippen LogP contribution in [0.25, 0.3) is 0 Å². The van der Waals surface area contributed by atoms with Gasteiger partial charge in [0.25, 0.3) is 5.91 Å². The molecule has 6 nitrogen and oxygen atoms in total. The van der Waals surface area contributed by atoms with E-state index in [1.54, 1.807) is 0 Å². The van der Waals surface area contributed by atoms with Gasteiger partial charge in [-0.05, 0) is 61.2 Å². The number of carbonyl (C=O) groups is 2. The van der Waals surface area contributed by atoms with Crippen molar-refractivity contribution in [2.24, 2.45) is 0 Å². The number of terminal acetylenes is 1. The summed E-state index contributed by atoms with van der Waals surface area (Å²) in [7, 11) is 0. The minimum Gasteiger partial charge on any atom is -0.378 e. The van der Waals surface area contributed by atoms with Crippen LogP contribution in [0.15, 0.2) is 48.5 Å². The van der Waals surface area contributed by atoms with E-state index in [0.29, 0.717) is 25.2 Å². The lowest BCUT2D eigenvalue weighted by molar-refractivity contribution is -0.131. The van der Waals surface area contributed by atoms with Crippen LogP contribution in [0, 0.1) is 12.3 Å². The van der Waals surface area contributed by atoms with Gasteiger partial charge in [-0.15, -0.1) is 18.0 Å². The van der Waals surface area contributed by atoms with Crippen molar-refractivity contribution >= 4 is 29.1 Å². The summed E-state index contributed by atoms with van der Waals surface area (Å²) in [6, 6.07) is 15.6. The van der Waals surface area contributed by atoms with Gasteiger partial charge in [0.05, 0.1) is 13.2 Å². The van der Waals surface area contributed by atoms with Crippen molar-refractivity contribution < 1.29 is 14.3 Å². The molecular weight excluding hydrogens is 462 g/mol. The number of morpholine rings is 1. The van der Waals surface area contributed by atoms with Crippen molar-refractivity contribution in [3.05, 3.63) is 65.2 Å². The predicted octanol–water partition coefficient (Wildman–Crippen LogP) is 3.77. The Kier molecular flexibility index (Phi) is 8.68. The summed E-state index contributed by atoms with van der Waals surface area (Å²) >= 11 is 5.96. The van der Waals surface area contributed by atoms with Crippen LogP contribution in [-0.4, -0.2) is 72.9 Å². The summed E-state index contributed by atoms with van der Waals surface area (Å²) < 4.78 is 5.42. The highest BCUT2D eigenvalue weighted by molar-refractivity contribution is 6.27. The lowest BCUT2D eigenvalue weighted by atomic mass is 10.0. The number of hydrogen-bond acceptors (Lipinski definition) is 4. The van der Waals surface area contributed by atoms with E-state index < -0.39 is 0 Å². The molecule has 2 saturated heterocycles. The highest BCUT2D eigenvalue weighted by Gasteiger charge is 2.28. The molecule has 2 heterocycles. The van der Waals surface area contributed by atoms with E-state index in [1.807, 2.05) is 58.3 Å². The number of hydrogen-bond donors (Lipinski definition) is 0. The lowest BCUT2D eigenvalue weighted by Gasteiger charge is -2.31. The minimum absolute atomic E-state index is 0.0252. The third-order valence-electron chi connectivity index (χ3n) is 6.80.